The molecule has 5 rings (SSSR count). The average Bonchev–Trinajstić information content (AvgIpc) is 3.20. The third kappa shape index (κ3) is 2.54. The van der Waals surface area contributed by atoms with Gasteiger partial charge < -0.3 is 0 Å². The van der Waals surface area contributed by atoms with E-state index >= 15 is 0 Å². The Morgan fingerprint density at radius 3 is 3.12 bits per heavy atom. The third-order valence-corrected chi connectivity index (χ3v) is 6.98. The lowest BCUT2D eigenvalue weighted by Gasteiger charge is -2.07. The maximum Gasteiger partial charge on any atom is 0.258 e. The molecule has 4 heterocycles. The quantitative estimate of drug-likeness (QED) is 0.400. The predicted octanol–water partition coefficient (Wildman–Crippen LogP) is 3.79. The summed E-state index contributed by atoms with van der Waals surface area (Å²) >= 11 is 3.43. The summed E-state index contributed by atoms with van der Waals surface area (Å²) < 4.78 is 1.64. The van der Waals surface area contributed by atoms with E-state index in [2.05, 4.69) is 15.0 Å². The van der Waals surface area contributed by atoms with Gasteiger partial charge in [0.2, 0.25) is 0 Å². The number of hydrogen-bond acceptors (Lipinski definition) is 6. The molecule has 0 radical (unpaired) electrons. The largest absolute Gasteiger partial charge is 0.269 e. The smallest absolute Gasteiger partial charge is 0.258 e. The van der Waals surface area contributed by atoms with Crippen molar-refractivity contribution >= 4 is 39.0 Å². The average molecular weight is 380 g/mol. The van der Waals surface area contributed by atoms with Crippen molar-refractivity contribution in [3.8, 4) is 0 Å². The fourth-order valence-corrected chi connectivity index (χ4v) is 5.80. The molecule has 4 aromatic rings. The molecule has 26 heavy (non-hydrogen) atoms. The summed E-state index contributed by atoms with van der Waals surface area (Å²) in [5, 5.41) is 2.21. The summed E-state index contributed by atoms with van der Waals surface area (Å²) in [6.07, 6.45) is 5.13. The lowest BCUT2D eigenvalue weighted by Crippen LogP contribution is -2.17. The van der Waals surface area contributed by atoms with Gasteiger partial charge in [-0.15, -0.1) is 11.3 Å². The molecule has 0 fully saturated rings. The first-order valence-corrected chi connectivity index (χ1v) is 10.4. The minimum absolute atomic E-state index is 0.0343. The second-order valence-electron chi connectivity index (χ2n) is 6.45. The summed E-state index contributed by atoms with van der Waals surface area (Å²) in [4.78, 5) is 28.6. The highest BCUT2D eigenvalue weighted by Gasteiger charge is 2.21. The standard InChI is InChI=1S/C19H16N4OS2/c1-11-4-2-7-15-22-12(8-16(24)23(11)15)9-25-18-17-13-5-3-6-14(13)26-19(17)21-10-20-18/h2,4,7-8,10H,3,5-6,9H2,1H3. The van der Waals surface area contributed by atoms with Crippen LogP contribution in [0.15, 0.2) is 40.4 Å². The van der Waals surface area contributed by atoms with Crippen LogP contribution in [0.25, 0.3) is 15.9 Å². The lowest BCUT2D eigenvalue weighted by atomic mass is 10.2. The van der Waals surface area contributed by atoms with E-state index in [1.165, 1.54) is 22.2 Å². The summed E-state index contributed by atoms with van der Waals surface area (Å²) in [6.45, 7) is 1.92. The highest BCUT2D eigenvalue weighted by Crippen LogP contribution is 2.40. The summed E-state index contributed by atoms with van der Waals surface area (Å²) in [5.74, 6) is 0.621. The Bertz CT molecular complexity index is 1210. The predicted molar refractivity (Wildman–Crippen MR) is 105 cm³/mol. The number of fused-ring (bicyclic) bond motifs is 4. The highest BCUT2D eigenvalue weighted by atomic mass is 32.2. The minimum atomic E-state index is -0.0343. The maximum atomic E-state index is 12.4. The normalized spacial score (nSPS) is 13.6. The molecule has 0 atom stereocenters. The van der Waals surface area contributed by atoms with Crippen molar-refractivity contribution < 1.29 is 0 Å². The fourth-order valence-electron chi connectivity index (χ4n) is 3.59. The third-order valence-electron chi connectivity index (χ3n) is 4.76. The summed E-state index contributed by atoms with van der Waals surface area (Å²) in [6, 6.07) is 7.34. The molecule has 5 nitrogen and oxygen atoms in total. The van der Waals surface area contributed by atoms with Gasteiger partial charge >= 0.3 is 0 Å². The van der Waals surface area contributed by atoms with Gasteiger partial charge in [0.05, 0.1) is 5.69 Å². The van der Waals surface area contributed by atoms with Crippen molar-refractivity contribution in [2.24, 2.45) is 0 Å². The zero-order valence-corrected chi connectivity index (χ0v) is 15.9. The molecule has 0 saturated heterocycles. The van der Waals surface area contributed by atoms with Crippen molar-refractivity contribution in [1.82, 2.24) is 19.4 Å². The number of hydrogen-bond donors (Lipinski definition) is 0. The summed E-state index contributed by atoms with van der Waals surface area (Å²) in [5.41, 5.74) is 3.76. The van der Waals surface area contributed by atoms with Gasteiger partial charge in [-0.2, -0.15) is 0 Å². The molecule has 0 unspecified atom stereocenters. The van der Waals surface area contributed by atoms with Crippen molar-refractivity contribution in [2.75, 3.05) is 0 Å². The van der Waals surface area contributed by atoms with Gasteiger partial charge in [-0.05, 0) is 43.9 Å². The lowest BCUT2D eigenvalue weighted by molar-refractivity contribution is 0.915. The van der Waals surface area contributed by atoms with Gasteiger partial charge in [0.15, 0.2) is 0 Å². The number of thiophene rings is 1. The van der Waals surface area contributed by atoms with E-state index in [4.69, 9.17) is 0 Å². The molecular weight excluding hydrogens is 364 g/mol. The molecule has 0 amide bonds. The van der Waals surface area contributed by atoms with Crippen LogP contribution in [-0.2, 0) is 18.6 Å². The van der Waals surface area contributed by atoms with E-state index in [0.717, 1.165) is 34.1 Å². The molecule has 0 N–H and O–H groups in total. The van der Waals surface area contributed by atoms with Crippen LogP contribution in [-0.4, -0.2) is 19.4 Å². The first-order chi connectivity index (χ1) is 12.7. The van der Waals surface area contributed by atoms with Crippen molar-refractivity contribution in [1.29, 1.82) is 0 Å². The second-order valence-corrected chi connectivity index (χ2v) is 8.50. The molecule has 0 saturated carbocycles. The van der Waals surface area contributed by atoms with Crippen LogP contribution >= 0.6 is 23.1 Å². The van der Waals surface area contributed by atoms with E-state index < -0.39 is 0 Å². The monoisotopic (exact) mass is 380 g/mol. The SMILES string of the molecule is Cc1cccc2nc(CSc3ncnc4sc5c(c34)CCC5)cc(=O)n12. The van der Waals surface area contributed by atoms with Crippen molar-refractivity contribution in [2.45, 2.75) is 37.0 Å². The number of thioether (sulfide) groups is 1. The number of aryl methyl sites for hydroxylation is 3. The van der Waals surface area contributed by atoms with Crippen molar-refractivity contribution in [3.63, 3.8) is 0 Å². The molecular formula is C19H16N4OS2. The van der Waals surface area contributed by atoms with Crippen LogP contribution in [0.5, 0.6) is 0 Å². The van der Waals surface area contributed by atoms with Gasteiger partial charge in [-0.25, -0.2) is 15.0 Å². The van der Waals surface area contributed by atoms with Crippen molar-refractivity contribution in [3.05, 3.63) is 62.8 Å². The first kappa shape index (κ1) is 16.0. The molecule has 1 aliphatic carbocycles. The fraction of sp³-hybridized carbons (Fsp3) is 0.263. The van der Waals surface area contributed by atoms with Crippen LogP contribution < -0.4 is 5.56 Å². The van der Waals surface area contributed by atoms with Gasteiger partial charge in [0.1, 0.15) is 21.8 Å². The Hall–Kier alpha value is -2.25. The van der Waals surface area contributed by atoms with E-state index in [-0.39, 0.29) is 5.56 Å². The number of pyridine rings is 1. The molecule has 7 heteroatoms. The van der Waals surface area contributed by atoms with E-state index in [9.17, 15) is 4.79 Å². The van der Waals surface area contributed by atoms with Crippen LogP contribution in [0.3, 0.4) is 0 Å². The number of nitrogens with zero attached hydrogens (tertiary/aromatic N) is 4. The molecule has 0 bridgehead atoms. The summed E-state index contributed by atoms with van der Waals surface area (Å²) in [7, 11) is 0. The van der Waals surface area contributed by atoms with E-state index in [0.29, 0.717) is 11.4 Å². The van der Waals surface area contributed by atoms with Gasteiger partial charge in [0.25, 0.3) is 5.56 Å². The van der Waals surface area contributed by atoms with Gasteiger partial charge in [-0.3, -0.25) is 9.20 Å². The zero-order valence-electron chi connectivity index (χ0n) is 14.2. The first-order valence-electron chi connectivity index (χ1n) is 8.57. The second kappa shape index (κ2) is 6.17. The molecule has 130 valence electrons. The number of aromatic nitrogens is 4. The van der Waals surface area contributed by atoms with Gasteiger partial charge in [-0.1, -0.05) is 17.8 Å². The zero-order chi connectivity index (χ0) is 17.7. The van der Waals surface area contributed by atoms with Crippen LogP contribution in [0, 0.1) is 6.92 Å². The Labute approximate surface area is 158 Å². The Morgan fingerprint density at radius 2 is 2.19 bits per heavy atom. The topological polar surface area (TPSA) is 60.2 Å². The minimum Gasteiger partial charge on any atom is -0.269 e. The highest BCUT2D eigenvalue weighted by molar-refractivity contribution is 7.98. The maximum absolute atomic E-state index is 12.4. The number of rotatable bonds is 3. The molecule has 1 aliphatic rings. The van der Waals surface area contributed by atoms with Gasteiger partial charge in [0, 0.05) is 27.8 Å². The molecule has 4 aromatic heterocycles. The van der Waals surface area contributed by atoms with Crippen LogP contribution in [0.4, 0.5) is 0 Å². The Morgan fingerprint density at radius 1 is 1.27 bits per heavy atom. The van der Waals surface area contributed by atoms with E-state index in [1.54, 1.807) is 39.9 Å². The molecule has 0 aliphatic heterocycles. The Kier molecular flexibility index (Phi) is 3.79. The Balaban J connectivity index is 1.51. The molecule has 0 aromatic carbocycles. The van der Waals surface area contributed by atoms with Crippen LogP contribution in [0.2, 0.25) is 0 Å². The van der Waals surface area contributed by atoms with E-state index in [1.807, 2.05) is 25.1 Å². The van der Waals surface area contributed by atoms with Crippen LogP contribution in [0.1, 0.15) is 28.2 Å². The molecule has 0 spiro atoms.